The number of pyridine rings is 1. The third-order valence-electron chi connectivity index (χ3n) is 2.89. The topological polar surface area (TPSA) is 42.0 Å². The highest BCUT2D eigenvalue weighted by atomic mass is 35.5. The van der Waals surface area contributed by atoms with Gasteiger partial charge in [-0.3, -0.25) is 9.78 Å². The number of halogens is 1. The maximum atomic E-state index is 12.1. The number of hydrogen-bond acceptors (Lipinski definition) is 2. The van der Waals surface area contributed by atoms with Crippen molar-refractivity contribution in [2.24, 2.45) is 5.41 Å². The smallest absolute Gasteiger partial charge is 0.253 e. The van der Waals surface area contributed by atoms with Crippen LogP contribution >= 0.6 is 11.6 Å². The van der Waals surface area contributed by atoms with Crippen LogP contribution in [0.15, 0.2) is 18.5 Å². The molecule has 4 heteroatoms. The molecule has 1 aromatic rings. The zero-order valence-electron chi connectivity index (χ0n) is 11.5. The lowest BCUT2D eigenvalue weighted by molar-refractivity contribution is 0.0900. The zero-order chi connectivity index (χ0) is 13.8. The maximum Gasteiger partial charge on any atom is 0.253 e. The molecule has 0 spiro atoms. The number of nitrogens with one attached hydrogen (secondary N) is 1. The van der Waals surface area contributed by atoms with Crippen molar-refractivity contribution in [1.29, 1.82) is 0 Å². The van der Waals surface area contributed by atoms with Crippen LogP contribution in [0.4, 0.5) is 0 Å². The Morgan fingerprint density at radius 3 is 2.61 bits per heavy atom. The number of rotatable bonds is 4. The van der Waals surface area contributed by atoms with Crippen LogP contribution in [0.1, 0.15) is 43.1 Å². The van der Waals surface area contributed by atoms with Gasteiger partial charge in [0, 0.05) is 24.3 Å². The molecule has 1 N–H and O–H groups in total. The number of aryl methyl sites for hydroxylation is 1. The highest BCUT2D eigenvalue weighted by Gasteiger charge is 2.26. The molecule has 1 heterocycles. The van der Waals surface area contributed by atoms with Crippen molar-refractivity contribution in [2.75, 3.05) is 5.88 Å². The normalized spacial score (nSPS) is 13.2. The summed E-state index contributed by atoms with van der Waals surface area (Å²) in [5.74, 6) is 0.449. The van der Waals surface area contributed by atoms with Crippen LogP contribution in [0.3, 0.4) is 0 Å². The van der Waals surface area contributed by atoms with Gasteiger partial charge in [0.1, 0.15) is 0 Å². The van der Waals surface area contributed by atoms with Gasteiger partial charge in [0.25, 0.3) is 5.91 Å². The van der Waals surface area contributed by atoms with Crippen LogP contribution in [0, 0.1) is 12.3 Å². The molecule has 0 aliphatic carbocycles. The first-order chi connectivity index (χ1) is 8.34. The van der Waals surface area contributed by atoms with E-state index in [-0.39, 0.29) is 17.4 Å². The Bertz CT molecular complexity index is 413. The minimum Gasteiger partial charge on any atom is -0.349 e. The monoisotopic (exact) mass is 268 g/mol. The molecule has 1 amide bonds. The quantitative estimate of drug-likeness (QED) is 0.853. The molecule has 1 atom stereocenters. The van der Waals surface area contributed by atoms with E-state index in [1.807, 2.05) is 13.0 Å². The van der Waals surface area contributed by atoms with Gasteiger partial charge in [-0.2, -0.15) is 0 Å². The first kappa shape index (κ1) is 15.0. The van der Waals surface area contributed by atoms with Crippen LogP contribution in [-0.2, 0) is 0 Å². The summed E-state index contributed by atoms with van der Waals surface area (Å²) in [6, 6.07) is 1.89. The van der Waals surface area contributed by atoms with E-state index in [9.17, 15) is 4.79 Å². The Morgan fingerprint density at radius 1 is 1.44 bits per heavy atom. The molecule has 0 saturated carbocycles. The fourth-order valence-electron chi connectivity index (χ4n) is 1.75. The van der Waals surface area contributed by atoms with Gasteiger partial charge in [-0.25, -0.2) is 0 Å². The molecular weight excluding hydrogens is 248 g/mol. The fourth-order valence-corrected chi connectivity index (χ4v) is 1.97. The molecule has 3 nitrogen and oxygen atoms in total. The van der Waals surface area contributed by atoms with E-state index >= 15 is 0 Å². The van der Waals surface area contributed by atoms with Crippen molar-refractivity contribution in [3.63, 3.8) is 0 Å². The van der Waals surface area contributed by atoms with Crippen LogP contribution < -0.4 is 5.32 Å². The molecule has 0 fully saturated rings. The van der Waals surface area contributed by atoms with Crippen molar-refractivity contribution in [1.82, 2.24) is 10.3 Å². The molecule has 0 saturated heterocycles. The molecule has 1 unspecified atom stereocenters. The predicted octanol–water partition coefficient (Wildman–Crippen LogP) is 3.16. The highest BCUT2D eigenvalue weighted by Crippen LogP contribution is 2.22. The number of carbonyl (C=O) groups excluding carboxylic acids is 1. The molecule has 0 bridgehead atoms. The van der Waals surface area contributed by atoms with Gasteiger partial charge in [-0.1, -0.05) is 20.8 Å². The van der Waals surface area contributed by atoms with Gasteiger partial charge < -0.3 is 5.32 Å². The van der Waals surface area contributed by atoms with E-state index in [0.29, 0.717) is 11.4 Å². The van der Waals surface area contributed by atoms with Crippen LogP contribution in [0.2, 0.25) is 0 Å². The average Bonchev–Trinajstić information content (AvgIpc) is 2.27. The summed E-state index contributed by atoms with van der Waals surface area (Å²) >= 11 is 5.79. The van der Waals surface area contributed by atoms with Crippen LogP contribution in [0.25, 0.3) is 0 Å². The zero-order valence-corrected chi connectivity index (χ0v) is 12.2. The molecule has 0 aromatic carbocycles. The van der Waals surface area contributed by atoms with Gasteiger partial charge in [-0.15, -0.1) is 11.6 Å². The molecule has 0 aliphatic rings. The third kappa shape index (κ3) is 4.30. The minimum absolute atomic E-state index is 0.0121. The molecule has 0 aliphatic heterocycles. The molecule has 0 radical (unpaired) electrons. The molecule has 18 heavy (non-hydrogen) atoms. The Balaban J connectivity index is 2.79. The van der Waals surface area contributed by atoms with E-state index in [1.54, 1.807) is 12.4 Å². The number of carbonyl (C=O) groups is 1. The summed E-state index contributed by atoms with van der Waals surface area (Å²) in [6.07, 6.45) is 4.08. The van der Waals surface area contributed by atoms with E-state index in [2.05, 4.69) is 31.1 Å². The van der Waals surface area contributed by atoms with Gasteiger partial charge in [0.15, 0.2) is 0 Å². The van der Waals surface area contributed by atoms with Gasteiger partial charge >= 0.3 is 0 Å². The highest BCUT2D eigenvalue weighted by molar-refractivity contribution is 6.17. The first-order valence-corrected chi connectivity index (χ1v) is 6.66. The second kappa shape index (κ2) is 6.19. The second-order valence-corrected chi connectivity index (χ2v) is 6.00. The van der Waals surface area contributed by atoms with Gasteiger partial charge in [0.2, 0.25) is 0 Å². The van der Waals surface area contributed by atoms with E-state index in [1.165, 1.54) is 0 Å². The van der Waals surface area contributed by atoms with Crippen molar-refractivity contribution in [3.8, 4) is 0 Å². The van der Waals surface area contributed by atoms with Crippen LogP contribution in [-0.4, -0.2) is 22.8 Å². The lowest BCUT2D eigenvalue weighted by Gasteiger charge is -2.31. The van der Waals surface area contributed by atoms with E-state index in [4.69, 9.17) is 11.6 Å². The molecule has 100 valence electrons. The number of aromatic nitrogens is 1. The van der Waals surface area contributed by atoms with Crippen molar-refractivity contribution in [3.05, 3.63) is 29.6 Å². The van der Waals surface area contributed by atoms with E-state index in [0.717, 1.165) is 12.0 Å². The van der Waals surface area contributed by atoms with Crippen molar-refractivity contribution in [2.45, 2.75) is 40.2 Å². The SMILES string of the molecule is Cc1cncc(C(=O)NC(CCCl)C(C)(C)C)c1. The van der Waals surface area contributed by atoms with Crippen molar-refractivity contribution < 1.29 is 4.79 Å². The summed E-state index contributed by atoms with van der Waals surface area (Å²) in [4.78, 5) is 16.2. The predicted molar refractivity (Wildman–Crippen MR) is 75.0 cm³/mol. The van der Waals surface area contributed by atoms with Gasteiger partial charge in [0.05, 0.1) is 5.56 Å². The lowest BCUT2D eigenvalue weighted by atomic mass is 9.85. The van der Waals surface area contributed by atoms with Crippen LogP contribution in [0.5, 0.6) is 0 Å². The standard InChI is InChI=1S/C14H21ClN2O/c1-10-7-11(9-16-8-10)13(18)17-12(5-6-15)14(2,3)4/h7-9,12H,5-6H2,1-4H3,(H,17,18). The molecule has 1 aromatic heterocycles. The fraction of sp³-hybridized carbons (Fsp3) is 0.571. The summed E-state index contributed by atoms with van der Waals surface area (Å²) < 4.78 is 0. The Kier molecular flexibility index (Phi) is 5.15. The third-order valence-corrected chi connectivity index (χ3v) is 3.10. The molecule has 1 rings (SSSR count). The van der Waals surface area contributed by atoms with Crippen molar-refractivity contribution >= 4 is 17.5 Å². The number of amides is 1. The molecular formula is C14H21ClN2O. The Morgan fingerprint density at radius 2 is 2.11 bits per heavy atom. The Labute approximate surface area is 114 Å². The lowest BCUT2D eigenvalue weighted by Crippen LogP contribution is -2.44. The number of nitrogens with zero attached hydrogens (tertiary/aromatic N) is 1. The Hall–Kier alpha value is -1.09. The number of hydrogen-bond donors (Lipinski definition) is 1. The average molecular weight is 269 g/mol. The largest absolute Gasteiger partial charge is 0.349 e. The van der Waals surface area contributed by atoms with Gasteiger partial charge in [-0.05, 0) is 30.4 Å². The maximum absolute atomic E-state index is 12.1. The minimum atomic E-state index is -0.0868. The van der Waals surface area contributed by atoms with E-state index < -0.39 is 0 Å². The number of alkyl halides is 1. The summed E-state index contributed by atoms with van der Waals surface area (Å²) in [5.41, 5.74) is 1.56. The summed E-state index contributed by atoms with van der Waals surface area (Å²) in [6.45, 7) is 8.21. The summed E-state index contributed by atoms with van der Waals surface area (Å²) in [5, 5.41) is 3.04. The summed E-state index contributed by atoms with van der Waals surface area (Å²) in [7, 11) is 0. The second-order valence-electron chi connectivity index (χ2n) is 5.62. The first-order valence-electron chi connectivity index (χ1n) is 6.13.